The molecule has 1 N–H and O–H groups in total. The monoisotopic (exact) mass is 306 g/mol. The van der Waals surface area contributed by atoms with Gasteiger partial charge in [-0.25, -0.2) is 8.78 Å². The van der Waals surface area contributed by atoms with Crippen molar-refractivity contribution in [3.63, 3.8) is 0 Å². The number of rotatable bonds is 5. The standard InChI is InChI=1S/C16H16F2N2O2/c1-10-5-6-13(15(18)14(10)17)16(21)20-8-11(2)22-12-4-3-7-19-9-12/h3-7,9,11H,8H2,1-2H3,(H,20,21)/t11-/m0/s1. The predicted octanol–water partition coefficient (Wildman–Crippen LogP) is 2.87. The van der Waals surface area contributed by atoms with Crippen LogP contribution in [0.2, 0.25) is 0 Å². The summed E-state index contributed by atoms with van der Waals surface area (Å²) in [5, 5.41) is 2.52. The summed E-state index contributed by atoms with van der Waals surface area (Å²) in [6.07, 6.45) is 2.83. The Labute approximate surface area is 127 Å². The molecule has 116 valence electrons. The van der Waals surface area contributed by atoms with E-state index in [1.165, 1.54) is 19.1 Å². The Hall–Kier alpha value is -2.50. The molecule has 6 heteroatoms. The second kappa shape index (κ2) is 6.98. The lowest BCUT2D eigenvalue weighted by Gasteiger charge is -2.15. The highest BCUT2D eigenvalue weighted by Gasteiger charge is 2.17. The number of nitrogens with one attached hydrogen (secondary N) is 1. The van der Waals surface area contributed by atoms with E-state index in [-0.39, 0.29) is 23.8 Å². The summed E-state index contributed by atoms with van der Waals surface area (Å²) in [6, 6.07) is 6.09. The van der Waals surface area contributed by atoms with Crippen molar-refractivity contribution in [1.82, 2.24) is 10.3 Å². The van der Waals surface area contributed by atoms with Crippen LogP contribution in [-0.4, -0.2) is 23.5 Å². The zero-order chi connectivity index (χ0) is 16.1. The van der Waals surface area contributed by atoms with Crippen molar-refractivity contribution in [1.29, 1.82) is 0 Å². The van der Waals surface area contributed by atoms with E-state index < -0.39 is 17.5 Å². The van der Waals surface area contributed by atoms with Crippen molar-refractivity contribution < 1.29 is 18.3 Å². The van der Waals surface area contributed by atoms with Crippen LogP contribution in [-0.2, 0) is 0 Å². The molecule has 2 rings (SSSR count). The van der Waals surface area contributed by atoms with Gasteiger partial charge in [0.05, 0.1) is 18.3 Å². The summed E-state index contributed by atoms with van der Waals surface area (Å²) in [5.41, 5.74) is -0.168. The van der Waals surface area contributed by atoms with Crippen LogP contribution in [0, 0.1) is 18.6 Å². The summed E-state index contributed by atoms with van der Waals surface area (Å²) in [7, 11) is 0. The van der Waals surface area contributed by atoms with Crippen molar-refractivity contribution in [2.24, 2.45) is 0 Å². The van der Waals surface area contributed by atoms with Gasteiger partial charge >= 0.3 is 0 Å². The molecule has 1 aromatic carbocycles. The smallest absolute Gasteiger partial charge is 0.254 e. The fourth-order valence-electron chi connectivity index (χ4n) is 1.84. The van der Waals surface area contributed by atoms with Gasteiger partial charge in [0, 0.05) is 6.20 Å². The fourth-order valence-corrected chi connectivity index (χ4v) is 1.84. The van der Waals surface area contributed by atoms with Gasteiger partial charge in [0.15, 0.2) is 11.6 Å². The fraction of sp³-hybridized carbons (Fsp3) is 0.250. The van der Waals surface area contributed by atoms with Crippen LogP contribution in [0.5, 0.6) is 5.75 Å². The maximum absolute atomic E-state index is 13.7. The Balaban J connectivity index is 1.94. The zero-order valence-electron chi connectivity index (χ0n) is 12.3. The van der Waals surface area contributed by atoms with E-state index in [4.69, 9.17) is 4.74 Å². The molecule has 1 heterocycles. The number of hydrogen-bond acceptors (Lipinski definition) is 3. The van der Waals surface area contributed by atoms with Gasteiger partial charge in [0.25, 0.3) is 5.91 Å². The third-order valence-electron chi connectivity index (χ3n) is 3.04. The highest BCUT2D eigenvalue weighted by molar-refractivity contribution is 5.94. The average molecular weight is 306 g/mol. The third-order valence-corrected chi connectivity index (χ3v) is 3.04. The number of carbonyl (C=O) groups is 1. The van der Waals surface area contributed by atoms with Gasteiger partial charge < -0.3 is 10.1 Å². The molecule has 0 fully saturated rings. The first kappa shape index (κ1) is 15.9. The number of carbonyl (C=O) groups excluding carboxylic acids is 1. The summed E-state index contributed by atoms with van der Waals surface area (Å²) >= 11 is 0. The Morgan fingerprint density at radius 3 is 2.77 bits per heavy atom. The van der Waals surface area contributed by atoms with Crippen LogP contribution in [0.15, 0.2) is 36.7 Å². The average Bonchev–Trinajstić information content (AvgIpc) is 2.51. The highest BCUT2D eigenvalue weighted by Crippen LogP contribution is 2.15. The van der Waals surface area contributed by atoms with Gasteiger partial charge in [-0.1, -0.05) is 6.07 Å². The van der Waals surface area contributed by atoms with E-state index in [0.29, 0.717) is 5.75 Å². The SMILES string of the molecule is Cc1ccc(C(=O)NC[C@H](C)Oc2cccnc2)c(F)c1F. The molecule has 0 unspecified atom stereocenters. The maximum Gasteiger partial charge on any atom is 0.254 e. The minimum atomic E-state index is -1.14. The van der Waals surface area contributed by atoms with E-state index in [9.17, 15) is 13.6 Å². The molecule has 0 radical (unpaired) electrons. The largest absolute Gasteiger partial charge is 0.487 e. The number of nitrogens with zero attached hydrogens (tertiary/aromatic N) is 1. The second-order valence-electron chi connectivity index (χ2n) is 4.89. The van der Waals surface area contributed by atoms with Crippen molar-refractivity contribution in [3.8, 4) is 5.75 Å². The molecular formula is C16H16F2N2O2. The minimum absolute atomic E-state index is 0.155. The summed E-state index contributed by atoms with van der Waals surface area (Å²) < 4.78 is 32.7. The molecule has 0 saturated carbocycles. The Morgan fingerprint density at radius 2 is 2.09 bits per heavy atom. The van der Waals surface area contributed by atoms with Gasteiger partial charge in [-0.3, -0.25) is 9.78 Å². The number of aryl methyl sites for hydroxylation is 1. The normalized spacial score (nSPS) is 11.8. The first-order valence-corrected chi connectivity index (χ1v) is 6.78. The third kappa shape index (κ3) is 3.78. The van der Waals surface area contributed by atoms with Crippen LogP contribution in [0.3, 0.4) is 0 Å². The number of hydrogen-bond donors (Lipinski definition) is 1. The number of pyridine rings is 1. The molecule has 0 saturated heterocycles. The van der Waals surface area contributed by atoms with Crippen LogP contribution in [0.4, 0.5) is 8.78 Å². The lowest BCUT2D eigenvalue weighted by Crippen LogP contribution is -2.34. The van der Waals surface area contributed by atoms with Crippen LogP contribution in [0.1, 0.15) is 22.8 Å². The van der Waals surface area contributed by atoms with Gasteiger partial charge in [-0.15, -0.1) is 0 Å². The van der Waals surface area contributed by atoms with E-state index in [1.54, 1.807) is 31.5 Å². The molecule has 2 aromatic rings. The van der Waals surface area contributed by atoms with Crippen molar-refractivity contribution in [2.75, 3.05) is 6.54 Å². The first-order valence-electron chi connectivity index (χ1n) is 6.78. The summed E-state index contributed by atoms with van der Waals surface area (Å²) in [5.74, 6) is -2.26. The van der Waals surface area contributed by atoms with Crippen LogP contribution >= 0.6 is 0 Å². The zero-order valence-corrected chi connectivity index (χ0v) is 12.3. The summed E-state index contributed by atoms with van der Waals surface area (Å²) in [6.45, 7) is 3.34. The molecule has 22 heavy (non-hydrogen) atoms. The van der Waals surface area contributed by atoms with E-state index in [1.807, 2.05) is 0 Å². The second-order valence-corrected chi connectivity index (χ2v) is 4.89. The Morgan fingerprint density at radius 1 is 1.32 bits per heavy atom. The number of benzene rings is 1. The summed E-state index contributed by atoms with van der Waals surface area (Å²) in [4.78, 5) is 15.8. The molecule has 0 bridgehead atoms. The van der Waals surface area contributed by atoms with Gasteiger partial charge in [0.1, 0.15) is 11.9 Å². The molecule has 1 aromatic heterocycles. The van der Waals surface area contributed by atoms with Crippen molar-refractivity contribution >= 4 is 5.91 Å². The van der Waals surface area contributed by atoms with Gasteiger partial charge in [-0.05, 0) is 37.6 Å². The number of amides is 1. The number of halogens is 2. The quantitative estimate of drug-likeness (QED) is 0.924. The van der Waals surface area contributed by atoms with Crippen molar-refractivity contribution in [3.05, 3.63) is 59.4 Å². The molecule has 0 aliphatic carbocycles. The maximum atomic E-state index is 13.7. The lowest BCUT2D eigenvalue weighted by atomic mass is 10.1. The Bertz CT molecular complexity index is 663. The van der Waals surface area contributed by atoms with Crippen molar-refractivity contribution in [2.45, 2.75) is 20.0 Å². The van der Waals surface area contributed by atoms with Crippen LogP contribution in [0.25, 0.3) is 0 Å². The van der Waals surface area contributed by atoms with E-state index >= 15 is 0 Å². The minimum Gasteiger partial charge on any atom is -0.487 e. The Kier molecular flexibility index (Phi) is 5.04. The van der Waals surface area contributed by atoms with Crippen LogP contribution < -0.4 is 10.1 Å². The molecule has 0 spiro atoms. The predicted molar refractivity (Wildman–Crippen MR) is 77.8 cm³/mol. The topological polar surface area (TPSA) is 51.2 Å². The van der Waals surface area contributed by atoms with E-state index in [2.05, 4.69) is 10.3 Å². The molecule has 4 nitrogen and oxygen atoms in total. The molecule has 1 atom stereocenters. The molecule has 1 amide bonds. The highest BCUT2D eigenvalue weighted by atomic mass is 19.2. The van der Waals surface area contributed by atoms with Gasteiger partial charge in [-0.2, -0.15) is 0 Å². The number of aromatic nitrogens is 1. The number of ether oxygens (including phenoxy) is 1. The lowest BCUT2D eigenvalue weighted by molar-refractivity contribution is 0.0927. The van der Waals surface area contributed by atoms with E-state index in [0.717, 1.165) is 0 Å². The first-order chi connectivity index (χ1) is 10.5. The molecule has 0 aliphatic heterocycles. The molecule has 0 aliphatic rings. The van der Waals surface area contributed by atoms with Gasteiger partial charge in [0.2, 0.25) is 0 Å². The molecular weight excluding hydrogens is 290 g/mol.